The van der Waals surface area contributed by atoms with Crippen molar-refractivity contribution in [1.29, 1.82) is 0 Å². The Morgan fingerprint density at radius 2 is 2.00 bits per heavy atom. The number of amides is 2. The van der Waals surface area contributed by atoms with Gasteiger partial charge >= 0.3 is 6.03 Å². The summed E-state index contributed by atoms with van der Waals surface area (Å²) in [4.78, 5) is 11.8. The molecular weight excluding hydrogens is 302 g/mol. The van der Waals surface area contributed by atoms with Gasteiger partial charge in [0.15, 0.2) is 0 Å². The minimum atomic E-state index is -1.26. The molecule has 122 valence electrons. The first-order chi connectivity index (χ1) is 11.0. The number of aliphatic hydroxyl groups is 1. The predicted molar refractivity (Wildman–Crippen MR) is 84.2 cm³/mol. The number of carbonyl (C=O) groups is 1. The molecule has 23 heavy (non-hydrogen) atoms. The van der Waals surface area contributed by atoms with Crippen molar-refractivity contribution < 1.29 is 18.7 Å². The molecule has 0 aromatic heterocycles. The molecule has 0 radical (unpaired) electrons. The Balaban J connectivity index is 1.90. The molecule has 0 aliphatic rings. The van der Waals surface area contributed by atoms with Crippen LogP contribution in [0.3, 0.4) is 0 Å². The number of hydrogen-bond acceptors (Lipinski definition) is 2. The molecule has 2 amide bonds. The number of aryl methyl sites for hydroxylation is 1. The maximum Gasteiger partial charge on any atom is 0.319 e. The Bertz CT molecular complexity index is 692. The lowest BCUT2D eigenvalue weighted by atomic mass is 10.1. The van der Waals surface area contributed by atoms with Gasteiger partial charge in [0.1, 0.15) is 11.6 Å². The summed E-state index contributed by atoms with van der Waals surface area (Å²) in [6, 6.07) is 9.75. The smallest absolute Gasteiger partial charge is 0.319 e. The molecule has 2 aromatic carbocycles. The van der Waals surface area contributed by atoms with E-state index < -0.39 is 23.8 Å². The van der Waals surface area contributed by atoms with Crippen molar-refractivity contribution in [3.8, 4) is 0 Å². The highest BCUT2D eigenvalue weighted by atomic mass is 19.1. The number of urea groups is 1. The van der Waals surface area contributed by atoms with Crippen LogP contribution in [0.15, 0.2) is 42.5 Å². The Hall–Kier alpha value is -2.47. The third-order valence-corrected chi connectivity index (χ3v) is 3.37. The molecule has 2 rings (SSSR count). The maximum atomic E-state index is 13.5. The van der Waals surface area contributed by atoms with Gasteiger partial charge in [-0.1, -0.05) is 25.1 Å². The second-order valence-electron chi connectivity index (χ2n) is 5.07. The number of anilines is 1. The van der Waals surface area contributed by atoms with Gasteiger partial charge in [0.25, 0.3) is 0 Å². The lowest BCUT2D eigenvalue weighted by Crippen LogP contribution is -2.32. The number of halogens is 2. The zero-order chi connectivity index (χ0) is 16.8. The first kappa shape index (κ1) is 16.9. The molecule has 0 aliphatic carbocycles. The van der Waals surface area contributed by atoms with Crippen LogP contribution in [-0.2, 0) is 6.42 Å². The van der Waals surface area contributed by atoms with Gasteiger partial charge in [-0.3, -0.25) is 0 Å². The highest BCUT2D eigenvalue weighted by Crippen LogP contribution is 2.17. The molecule has 0 spiro atoms. The molecule has 0 aliphatic heterocycles. The minimum Gasteiger partial charge on any atom is -0.386 e. The molecule has 2 aromatic rings. The number of aliphatic hydroxyl groups excluding tert-OH is 1. The lowest BCUT2D eigenvalue weighted by molar-refractivity contribution is 0.170. The van der Waals surface area contributed by atoms with E-state index in [4.69, 9.17) is 0 Å². The first-order valence-corrected chi connectivity index (χ1v) is 7.26. The summed E-state index contributed by atoms with van der Waals surface area (Å²) in [5, 5.41) is 15.0. The van der Waals surface area contributed by atoms with Crippen molar-refractivity contribution >= 4 is 11.7 Å². The van der Waals surface area contributed by atoms with Crippen LogP contribution in [0.1, 0.15) is 24.2 Å². The third kappa shape index (κ3) is 4.75. The van der Waals surface area contributed by atoms with Crippen molar-refractivity contribution in [2.45, 2.75) is 19.4 Å². The highest BCUT2D eigenvalue weighted by molar-refractivity contribution is 5.89. The van der Waals surface area contributed by atoms with Crippen molar-refractivity contribution in [1.82, 2.24) is 5.32 Å². The molecule has 4 nitrogen and oxygen atoms in total. The zero-order valence-electron chi connectivity index (χ0n) is 12.6. The van der Waals surface area contributed by atoms with Gasteiger partial charge in [-0.15, -0.1) is 0 Å². The van der Waals surface area contributed by atoms with Crippen LogP contribution in [0.25, 0.3) is 0 Å². The van der Waals surface area contributed by atoms with Crippen LogP contribution >= 0.6 is 0 Å². The van der Waals surface area contributed by atoms with Crippen LogP contribution in [0.4, 0.5) is 19.3 Å². The van der Waals surface area contributed by atoms with Gasteiger partial charge < -0.3 is 15.7 Å². The van der Waals surface area contributed by atoms with Crippen LogP contribution < -0.4 is 10.6 Å². The quantitative estimate of drug-likeness (QED) is 0.791. The van der Waals surface area contributed by atoms with Gasteiger partial charge in [0.2, 0.25) is 0 Å². The largest absolute Gasteiger partial charge is 0.386 e. The molecule has 0 saturated heterocycles. The van der Waals surface area contributed by atoms with E-state index in [1.807, 2.05) is 25.1 Å². The van der Waals surface area contributed by atoms with E-state index in [1.54, 1.807) is 6.07 Å². The fourth-order valence-electron chi connectivity index (χ4n) is 2.12. The van der Waals surface area contributed by atoms with Gasteiger partial charge in [-0.25, -0.2) is 13.6 Å². The van der Waals surface area contributed by atoms with Gasteiger partial charge in [-0.05, 0) is 30.2 Å². The van der Waals surface area contributed by atoms with E-state index in [2.05, 4.69) is 10.6 Å². The Morgan fingerprint density at radius 3 is 2.70 bits per heavy atom. The summed E-state index contributed by atoms with van der Waals surface area (Å²) in [5.41, 5.74) is 1.64. The molecule has 0 unspecified atom stereocenters. The fraction of sp³-hybridized carbons (Fsp3) is 0.235. The number of carbonyl (C=O) groups excluding carboxylic acids is 1. The number of rotatable bonds is 5. The standard InChI is InChI=1S/C17H18F2N2O2/c1-2-11-4-3-5-13(8-11)21-17(23)20-10-16(22)14-7-6-12(18)9-15(14)19/h3-9,16,22H,2,10H2,1H3,(H2,20,21,23)/t16-/m0/s1. The van der Waals surface area contributed by atoms with Crippen molar-refractivity contribution in [2.75, 3.05) is 11.9 Å². The Labute approximate surface area is 133 Å². The second-order valence-corrected chi connectivity index (χ2v) is 5.07. The van der Waals surface area contributed by atoms with Crippen LogP contribution in [0.2, 0.25) is 0 Å². The van der Waals surface area contributed by atoms with Crippen molar-refractivity contribution in [3.05, 3.63) is 65.2 Å². The van der Waals surface area contributed by atoms with Crippen LogP contribution in [0.5, 0.6) is 0 Å². The average Bonchev–Trinajstić information content (AvgIpc) is 2.53. The summed E-state index contributed by atoms with van der Waals surface area (Å²) in [5.74, 6) is -1.57. The van der Waals surface area contributed by atoms with Crippen LogP contribution in [-0.4, -0.2) is 17.7 Å². The normalized spacial score (nSPS) is 11.8. The van der Waals surface area contributed by atoms with Gasteiger partial charge in [-0.2, -0.15) is 0 Å². The zero-order valence-corrected chi connectivity index (χ0v) is 12.6. The SMILES string of the molecule is CCc1cccc(NC(=O)NC[C@H](O)c2ccc(F)cc2F)c1. The van der Waals surface area contributed by atoms with Gasteiger partial charge in [0, 0.05) is 23.9 Å². The minimum absolute atomic E-state index is 0.0697. The fourth-order valence-corrected chi connectivity index (χ4v) is 2.12. The van der Waals surface area contributed by atoms with E-state index in [0.29, 0.717) is 11.8 Å². The molecule has 1 atom stereocenters. The molecule has 0 fully saturated rings. The molecule has 6 heteroatoms. The summed E-state index contributed by atoms with van der Waals surface area (Å²) in [7, 11) is 0. The monoisotopic (exact) mass is 320 g/mol. The molecule has 3 N–H and O–H groups in total. The second kappa shape index (κ2) is 7.69. The molecule has 0 bridgehead atoms. The van der Waals surface area contributed by atoms with E-state index in [-0.39, 0.29) is 12.1 Å². The van der Waals surface area contributed by atoms with E-state index in [9.17, 15) is 18.7 Å². The average molecular weight is 320 g/mol. The van der Waals surface area contributed by atoms with Crippen LogP contribution in [0, 0.1) is 11.6 Å². The summed E-state index contributed by atoms with van der Waals surface area (Å²) in [6.45, 7) is 1.81. The Morgan fingerprint density at radius 1 is 1.22 bits per heavy atom. The Kier molecular flexibility index (Phi) is 5.65. The van der Waals surface area contributed by atoms with E-state index in [1.165, 1.54) is 0 Å². The lowest BCUT2D eigenvalue weighted by Gasteiger charge is -2.14. The first-order valence-electron chi connectivity index (χ1n) is 7.26. The van der Waals surface area contributed by atoms with Crippen molar-refractivity contribution in [2.24, 2.45) is 0 Å². The topological polar surface area (TPSA) is 61.4 Å². The predicted octanol–water partition coefficient (Wildman–Crippen LogP) is 3.38. The third-order valence-electron chi connectivity index (χ3n) is 3.37. The van der Waals surface area contributed by atoms with Crippen molar-refractivity contribution in [3.63, 3.8) is 0 Å². The van der Waals surface area contributed by atoms with Gasteiger partial charge in [0.05, 0.1) is 6.10 Å². The number of hydrogen-bond donors (Lipinski definition) is 3. The summed E-state index contributed by atoms with van der Waals surface area (Å²) < 4.78 is 26.4. The number of benzene rings is 2. The molecular formula is C17H18F2N2O2. The maximum absolute atomic E-state index is 13.5. The number of nitrogens with one attached hydrogen (secondary N) is 2. The summed E-state index contributed by atoms with van der Waals surface area (Å²) >= 11 is 0. The highest BCUT2D eigenvalue weighted by Gasteiger charge is 2.14. The van der Waals surface area contributed by atoms with E-state index in [0.717, 1.165) is 24.1 Å². The molecule has 0 saturated carbocycles. The molecule has 0 heterocycles. The summed E-state index contributed by atoms with van der Waals surface area (Å²) in [6.07, 6.45) is -0.414. The van der Waals surface area contributed by atoms with E-state index >= 15 is 0 Å².